The zero-order valence-electron chi connectivity index (χ0n) is 19.6. The zero-order valence-corrected chi connectivity index (χ0v) is 19.6. The van der Waals surface area contributed by atoms with E-state index in [4.69, 9.17) is 14.0 Å². The molecule has 0 bridgehead atoms. The maximum absolute atomic E-state index is 12.4. The predicted octanol–water partition coefficient (Wildman–Crippen LogP) is 4.59. The van der Waals surface area contributed by atoms with Crippen LogP contribution in [0, 0.1) is 0 Å². The van der Waals surface area contributed by atoms with Crippen LogP contribution in [0.4, 0.5) is 4.79 Å². The lowest BCUT2D eigenvalue weighted by molar-refractivity contribution is 0.00578. The molecular formula is C24H36BNO4. The Morgan fingerprint density at radius 2 is 1.70 bits per heavy atom. The average molecular weight is 413 g/mol. The minimum atomic E-state index is -0.460. The summed E-state index contributed by atoms with van der Waals surface area (Å²) in [5.41, 5.74) is 2.71. The fourth-order valence-corrected chi connectivity index (χ4v) is 4.30. The summed E-state index contributed by atoms with van der Waals surface area (Å²) in [4.78, 5) is 14.3. The van der Waals surface area contributed by atoms with Gasteiger partial charge in [0.15, 0.2) is 0 Å². The van der Waals surface area contributed by atoms with Crippen LogP contribution < -0.4 is 5.46 Å². The maximum atomic E-state index is 12.4. The summed E-state index contributed by atoms with van der Waals surface area (Å²) >= 11 is 0. The van der Waals surface area contributed by atoms with Crippen LogP contribution in [0.5, 0.6) is 0 Å². The largest absolute Gasteiger partial charge is 0.495 e. The number of likely N-dealkylation sites (tertiary alicyclic amines) is 1. The molecule has 164 valence electrons. The second-order valence-corrected chi connectivity index (χ2v) is 11.2. The van der Waals surface area contributed by atoms with Crippen LogP contribution in [-0.2, 0) is 14.0 Å². The lowest BCUT2D eigenvalue weighted by Gasteiger charge is -2.32. The number of amides is 1. The molecule has 0 radical (unpaired) electrons. The minimum Gasteiger partial charge on any atom is -0.444 e. The predicted molar refractivity (Wildman–Crippen MR) is 119 cm³/mol. The Morgan fingerprint density at radius 1 is 1.07 bits per heavy atom. The lowest BCUT2D eigenvalue weighted by Crippen LogP contribution is -2.41. The van der Waals surface area contributed by atoms with E-state index in [0.717, 1.165) is 19.5 Å². The molecule has 3 fully saturated rings. The molecule has 3 aliphatic rings. The molecule has 2 saturated heterocycles. The topological polar surface area (TPSA) is 48.0 Å². The molecule has 6 heteroatoms. The third-order valence-corrected chi connectivity index (χ3v) is 6.95. The maximum Gasteiger partial charge on any atom is 0.495 e. The highest BCUT2D eigenvalue weighted by Crippen LogP contribution is 2.43. The van der Waals surface area contributed by atoms with Crippen molar-refractivity contribution < 1.29 is 18.8 Å². The fraction of sp³-hybridized carbons (Fsp3) is 0.708. The molecule has 0 spiro atoms. The number of hydrogen-bond donors (Lipinski definition) is 0. The van der Waals surface area contributed by atoms with Gasteiger partial charge in [-0.25, -0.2) is 4.79 Å². The number of benzene rings is 1. The molecule has 5 nitrogen and oxygen atoms in total. The molecule has 1 unspecified atom stereocenters. The Kier molecular flexibility index (Phi) is 5.26. The molecule has 2 aliphatic heterocycles. The molecule has 1 aromatic carbocycles. The molecule has 1 aliphatic carbocycles. The van der Waals surface area contributed by atoms with Gasteiger partial charge in [-0.3, -0.25) is 0 Å². The Bertz CT molecular complexity index is 809. The third kappa shape index (κ3) is 4.26. The molecule has 1 atom stereocenters. The van der Waals surface area contributed by atoms with Gasteiger partial charge >= 0.3 is 13.2 Å². The molecule has 0 N–H and O–H groups in total. The Morgan fingerprint density at radius 3 is 2.27 bits per heavy atom. The molecule has 2 heterocycles. The van der Waals surface area contributed by atoms with Gasteiger partial charge in [-0.15, -0.1) is 0 Å². The highest BCUT2D eigenvalue weighted by Gasteiger charge is 2.52. The summed E-state index contributed by atoms with van der Waals surface area (Å²) < 4.78 is 18.2. The number of carbonyl (C=O) groups is 1. The third-order valence-electron chi connectivity index (χ3n) is 6.95. The lowest BCUT2D eigenvalue weighted by atomic mass is 9.73. The second kappa shape index (κ2) is 7.27. The summed E-state index contributed by atoms with van der Waals surface area (Å²) in [6, 6.07) is 6.75. The van der Waals surface area contributed by atoms with Crippen molar-refractivity contribution in [3.8, 4) is 0 Å². The van der Waals surface area contributed by atoms with Crippen molar-refractivity contribution >= 4 is 18.7 Å². The van der Waals surface area contributed by atoms with E-state index in [-0.39, 0.29) is 24.4 Å². The van der Waals surface area contributed by atoms with Crippen molar-refractivity contribution in [2.75, 3.05) is 13.1 Å². The molecule has 1 aromatic rings. The van der Waals surface area contributed by atoms with E-state index < -0.39 is 5.60 Å². The number of rotatable bonds is 3. The second-order valence-electron chi connectivity index (χ2n) is 11.2. The van der Waals surface area contributed by atoms with Gasteiger partial charge in [-0.2, -0.15) is 0 Å². The smallest absolute Gasteiger partial charge is 0.444 e. The van der Waals surface area contributed by atoms with Gasteiger partial charge in [0.2, 0.25) is 0 Å². The Hall–Kier alpha value is -1.53. The van der Waals surface area contributed by atoms with E-state index >= 15 is 0 Å². The summed E-state index contributed by atoms with van der Waals surface area (Å²) in [5, 5.41) is 0. The summed E-state index contributed by atoms with van der Waals surface area (Å²) in [6.45, 7) is 15.6. The molecular weight excluding hydrogens is 377 g/mol. The summed E-state index contributed by atoms with van der Waals surface area (Å²) in [5.74, 6) is 0.949. The Balaban J connectivity index is 1.52. The van der Waals surface area contributed by atoms with Crippen LogP contribution in [0.25, 0.3) is 0 Å². The van der Waals surface area contributed by atoms with Crippen LogP contribution in [-0.4, -0.2) is 48.0 Å². The monoisotopic (exact) mass is 413 g/mol. The van der Waals surface area contributed by atoms with Gasteiger partial charge in [-0.05, 0) is 90.2 Å². The standard InChI is InChI=1S/C24H36BNO4/c1-22(2,3)28-21(27)26-13-12-18(15-26)17-10-11-20(19(14-17)16-8-9-16)25-29-23(4,5)24(6,7)30-25/h10-11,14,16,18H,8-9,12-13,15H2,1-7H3. The zero-order chi connectivity index (χ0) is 21.9. The van der Waals surface area contributed by atoms with Crippen molar-refractivity contribution in [2.24, 2.45) is 0 Å². The first-order chi connectivity index (χ1) is 13.9. The fourth-order valence-electron chi connectivity index (χ4n) is 4.30. The van der Waals surface area contributed by atoms with Crippen molar-refractivity contribution in [3.05, 3.63) is 29.3 Å². The molecule has 0 aromatic heterocycles. The van der Waals surface area contributed by atoms with Gasteiger partial charge in [0, 0.05) is 19.0 Å². The van der Waals surface area contributed by atoms with Crippen LogP contribution in [0.15, 0.2) is 18.2 Å². The highest BCUT2D eigenvalue weighted by atomic mass is 16.7. The van der Waals surface area contributed by atoms with Crippen molar-refractivity contribution in [2.45, 2.75) is 96.4 Å². The first-order valence-corrected chi connectivity index (χ1v) is 11.3. The molecule has 4 rings (SSSR count). The average Bonchev–Trinajstić information content (AvgIpc) is 3.29. The van der Waals surface area contributed by atoms with E-state index in [1.165, 1.54) is 29.4 Å². The first-order valence-electron chi connectivity index (χ1n) is 11.3. The molecule has 1 saturated carbocycles. The van der Waals surface area contributed by atoms with Gasteiger partial charge in [0.25, 0.3) is 0 Å². The van der Waals surface area contributed by atoms with E-state index in [0.29, 0.717) is 11.8 Å². The number of nitrogens with zero attached hydrogens (tertiary/aromatic N) is 1. The van der Waals surface area contributed by atoms with Gasteiger partial charge < -0.3 is 18.9 Å². The summed E-state index contributed by atoms with van der Waals surface area (Å²) in [7, 11) is -0.318. The normalized spacial score (nSPS) is 25.6. The van der Waals surface area contributed by atoms with Crippen molar-refractivity contribution in [1.29, 1.82) is 0 Å². The van der Waals surface area contributed by atoms with Gasteiger partial charge in [-0.1, -0.05) is 18.2 Å². The van der Waals surface area contributed by atoms with Gasteiger partial charge in [0.05, 0.1) is 11.2 Å². The molecule has 30 heavy (non-hydrogen) atoms. The van der Waals surface area contributed by atoms with Gasteiger partial charge in [0.1, 0.15) is 5.60 Å². The van der Waals surface area contributed by atoms with E-state index in [1.54, 1.807) is 0 Å². The number of carbonyl (C=O) groups excluding carboxylic acids is 1. The highest BCUT2D eigenvalue weighted by molar-refractivity contribution is 6.62. The number of hydrogen-bond acceptors (Lipinski definition) is 4. The van der Waals surface area contributed by atoms with E-state index in [2.05, 4.69) is 45.9 Å². The van der Waals surface area contributed by atoms with Crippen molar-refractivity contribution in [1.82, 2.24) is 4.90 Å². The van der Waals surface area contributed by atoms with Crippen LogP contribution in [0.2, 0.25) is 0 Å². The van der Waals surface area contributed by atoms with E-state index in [9.17, 15) is 4.79 Å². The summed E-state index contributed by atoms with van der Waals surface area (Å²) in [6.07, 6.45) is 3.22. The van der Waals surface area contributed by atoms with Crippen molar-refractivity contribution in [3.63, 3.8) is 0 Å². The minimum absolute atomic E-state index is 0.207. The number of ether oxygens (including phenoxy) is 1. The quantitative estimate of drug-likeness (QED) is 0.681. The first kappa shape index (κ1) is 21.7. The van der Waals surface area contributed by atoms with Crippen LogP contribution in [0.1, 0.15) is 90.7 Å². The Labute approximate surface area is 181 Å². The van der Waals surface area contributed by atoms with E-state index in [1.807, 2.05) is 25.7 Å². The van der Waals surface area contributed by atoms with Crippen LogP contribution in [0.3, 0.4) is 0 Å². The van der Waals surface area contributed by atoms with Crippen LogP contribution >= 0.6 is 0 Å². The molecule has 1 amide bonds. The SMILES string of the molecule is CC(C)(C)OC(=O)N1CCC(c2ccc(B3OC(C)(C)C(C)(C)O3)c(C3CC3)c2)C1.